The van der Waals surface area contributed by atoms with Crippen molar-refractivity contribution in [1.29, 1.82) is 0 Å². The van der Waals surface area contributed by atoms with Crippen molar-refractivity contribution in [2.75, 3.05) is 0 Å². The van der Waals surface area contributed by atoms with Gasteiger partial charge in [0.25, 0.3) is 0 Å². The fourth-order valence-corrected chi connectivity index (χ4v) is 6.19. The molecule has 3 nitrogen and oxygen atoms in total. The van der Waals surface area contributed by atoms with Gasteiger partial charge in [0.05, 0.1) is 13.6 Å². The molecule has 0 atom stereocenters. The third-order valence-electron chi connectivity index (χ3n) is 7.90. The van der Waals surface area contributed by atoms with E-state index >= 15 is 0 Å². The van der Waals surface area contributed by atoms with Crippen molar-refractivity contribution in [2.45, 2.75) is 19.6 Å². The Morgan fingerprint density at radius 3 is 1.22 bits per heavy atom. The molecule has 0 bridgehead atoms. The average molecular weight is 614 g/mol. The van der Waals surface area contributed by atoms with Crippen LogP contribution in [0.4, 0.5) is 0 Å². The number of hydrogen-bond donors (Lipinski definition) is 0. The maximum absolute atomic E-state index is 8.74. The van der Waals surface area contributed by atoms with Gasteiger partial charge in [-0.3, -0.25) is 0 Å². The van der Waals surface area contributed by atoms with E-state index in [-0.39, 0.29) is 24.2 Å². The first-order valence-corrected chi connectivity index (χ1v) is 18.9. The summed E-state index contributed by atoms with van der Waals surface area (Å²) in [5.41, 5.74) is 7.79. The molecule has 46 heavy (non-hydrogen) atoms. The summed E-state index contributed by atoms with van der Waals surface area (Å²) in [4.78, 5) is 14.6. The van der Waals surface area contributed by atoms with Gasteiger partial charge in [-0.2, -0.15) is 0 Å². The summed E-state index contributed by atoms with van der Waals surface area (Å²) in [6, 6.07) is 44.3. The molecular weight excluding hydrogens is 575 g/mol. The van der Waals surface area contributed by atoms with Crippen molar-refractivity contribution in [3.05, 3.63) is 158 Å². The third-order valence-corrected chi connectivity index (χ3v) is 9.65. The van der Waals surface area contributed by atoms with E-state index in [1.54, 1.807) is 0 Å². The molecule has 0 aliphatic rings. The van der Waals surface area contributed by atoms with Gasteiger partial charge in [0.2, 0.25) is 0 Å². The second-order valence-corrected chi connectivity index (χ2v) is 17.3. The van der Waals surface area contributed by atoms with E-state index < -0.39 is 8.07 Å². The standard InChI is InChI=1S/C42H35N3Si/c1-46(2,3)39-26-24-31(25-27-39)30-20-22-32(23-21-30)35-16-10-17-36(28-35)37-18-11-19-38(29-37)42-44-40(33-12-6-4-7-13-33)43-41(45-42)34-14-8-5-9-15-34/h4-29H,1-3H3/i24D,25D,26D,27D. The van der Waals surface area contributed by atoms with Gasteiger partial charge in [0.15, 0.2) is 17.5 Å². The molecule has 0 fully saturated rings. The highest BCUT2D eigenvalue weighted by molar-refractivity contribution is 6.88. The molecule has 0 amide bonds. The van der Waals surface area contributed by atoms with Crippen LogP contribution in [0.25, 0.3) is 67.5 Å². The van der Waals surface area contributed by atoms with Crippen molar-refractivity contribution in [1.82, 2.24) is 15.0 Å². The van der Waals surface area contributed by atoms with E-state index in [2.05, 4.69) is 30.3 Å². The minimum Gasteiger partial charge on any atom is -0.208 e. The molecule has 0 aliphatic carbocycles. The lowest BCUT2D eigenvalue weighted by molar-refractivity contribution is 1.07. The summed E-state index contributed by atoms with van der Waals surface area (Å²) in [5.74, 6) is 1.83. The molecule has 0 radical (unpaired) electrons. The van der Waals surface area contributed by atoms with E-state index in [0.29, 0.717) is 33.8 Å². The zero-order chi connectivity index (χ0) is 35.0. The third kappa shape index (κ3) is 6.34. The SMILES string of the molecule is [2H]c1c([2H])c([Si](C)(C)C)c([2H])c([2H])c1-c1ccc(-c2cccc(-c3cccc(-c4nc(-c5ccccc5)nc(-c5ccccc5)n4)c3)c2)cc1. The number of benzene rings is 6. The van der Waals surface area contributed by atoms with Crippen molar-refractivity contribution in [3.63, 3.8) is 0 Å². The van der Waals surface area contributed by atoms with E-state index in [1.165, 1.54) is 0 Å². The normalized spacial score (nSPS) is 12.6. The molecule has 222 valence electrons. The van der Waals surface area contributed by atoms with Gasteiger partial charge in [-0.25, -0.2) is 15.0 Å². The predicted molar refractivity (Wildman–Crippen MR) is 195 cm³/mol. The number of rotatable bonds is 7. The lowest BCUT2D eigenvalue weighted by Gasteiger charge is -2.16. The molecule has 6 aromatic carbocycles. The Hall–Kier alpha value is -5.45. The summed E-state index contributed by atoms with van der Waals surface area (Å²) >= 11 is 0. The molecular formula is C42H35N3Si. The van der Waals surface area contributed by atoms with Crippen LogP contribution in [0.2, 0.25) is 19.6 Å². The van der Waals surface area contributed by atoms with Crippen LogP contribution in [0.5, 0.6) is 0 Å². The largest absolute Gasteiger partial charge is 0.208 e. The highest BCUT2D eigenvalue weighted by Crippen LogP contribution is 2.31. The van der Waals surface area contributed by atoms with Crippen molar-refractivity contribution < 1.29 is 5.48 Å². The predicted octanol–water partition coefficient (Wildman–Crippen LogP) is 10.4. The fourth-order valence-electron chi connectivity index (χ4n) is 5.32. The van der Waals surface area contributed by atoms with Crippen molar-refractivity contribution in [2.24, 2.45) is 0 Å². The zero-order valence-electron chi connectivity index (χ0n) is 30.0. The number of hydrogen-bond acceptors (Lipinski definition) is 3. The molecule has 1 aromatic heterocycles. The first kappa shape index (κ1) is 24.8. The second kappa shape index (κ2) is 12.5. The molecule has 0 N–H and O–H groups in total. The Morgan fingerprint density at radius 1 is 0.370 bits per heavy atom. The van der Waals surface area contributed by atoms with Crippen LogP contribution in [0.3, 0.4) is 0 Å². The summed E-state index contributed by atoms with van der Waals surface area (Å²) < 4.78 is 34.8. The maximum atomic E-state index is 8.74. The minimum absolute atomic E-state index is 0.0167. The molecule has 4 heteroatoms. The second-order valence-electron chi connectivity index (χ2n) is 12.3. The van der Waals surface area contributed by atoms with Crippen LogP contribution in [0.1, 0.15) is 5.48 Å². The Labute approximate surface area is 278 Å². The van der Waals surface area contributed by atoms with Crippen molar-refractivity contribution >= 4 is 13.3 Å². The maximum Gasteiger partial charge on any atom is 0.164 e. The lowest BCUT2D eigenvalue weighted by atomic mass is 9.96. The summed E-state index contributed by atoms with van der Waals surface area (Å²) in [5, 5.41) is 0.567. The number of nitrogens with zero attached hydrogens (tertiary/aromatic N) is 3. The van der Waals surface area contributed by atoms with Gasteiger partial charge in [0.1, 0.15) is 0 Å². The first-order chi connectivity index (χ1) is 24.1. The number of aromatic nitrogens is 3. The molecule has 0 unspecified atom stereocenters. The highest BCUT2D eigenvalue weighted by Gasteiger charge is 2.16. The Bertz CT molecular complexity index is 2250. The summed E-state index contributed by atoms with van der Waals surface area (Å²) in [6.45, 7) is 6.14. The van der Waals surface area contributed by atoms with E-state index in [0.717, 1.165) is 38.9 Å². The molecule has 7 rings (SSSR count). The zero-order valence-corrected chi connectivity index (χ0v) is 27.0. The van der Waals surface area contributed by atoms with Gasteiger partial charge in [-0.1, -0.05) is 170 Å². The van der Waals surface area contributed by atoms with E-state index in [1.807, 2.05) is 123 Å². The smallest absolute Gasteiger partial charge is 0.164 e. The summed E-state index contributed by atoms with van der Waals surface area (Å²) in [6.07, 6.45) is 0. The lowest BCUT2D eigenvalue weighted by Crippen LogP contribution is -2.37. The molecule has 0 aliphatic heterocycles. The molecule has 1 heterocycles. The Balaban J connectivity index is 1.23. The molecule has 7 aromatic rings. The quantitative estimate of drug-likeness (QED) is 0.168. The minimum atomic E-state index is -2.08. The fraction of sp³-hybridized carbons (Fsp3) is 0.0714. The van der Waals surface area contributed by atoms with E-state index in [4.69, 9.17) is 20.4 Å². The van der Waals surface area contributed by atoms with Gasteiger partial charge < -0.3 is 0 Å². The van der Waals surface area contributed by atoms with Gasteiger partial charge in [-0.15, -0.1) is 0 Å². The Kier molecular flexibility index (Phi) is 6.75. The van der Waals surface area contributed by atoms with Crippen LogP contribution in [-0.4, -0.2) is 23.0 Å². The molecule has 0 spiro atoms. The van der Waals surface area contributed by atoms with Gasteiger partial charge in [-0.05, 0) is 45.5 Å². The molecule has 0 saturated heterocycles. The van der Waals surface area contributed by atoms with Crippen LogP contribution in [-0.2, 0) is 0 Å². The topological polar surface area (TPSA) is 38.7 Å². The monoisotopic (exact) mass is 613 g/mol. The summed E-state index contributed by atoms with van der Waals surface area (Å²) in [7, 11) is -2.08. The van der Waals surface area contributed by atoms with Crippen LogP contribution in [0.15, 0.2) is 158 Å². The molecule has 0 saturated carbocycles. The van der Waals surface area contributed by atoms with Crippen LogP contribution >= 0.6 is 0 Å². The Morgan fingerprint density at radius 2 is 0.739 bits per heavy atom. The van der Waals surface area contributed by atoms with Crippen molar-refractivity contribution in [3.8, 4) is 67.5 Å². The first-order valence-electron chi connectivity index (χ1n) is 17.4. The van der Waals surface area contributed by atoms with E-state index in [9.17, 15) is 0 Å². The van der Waals surface area contributed by atoms with Crippen LogP contribution in [0, 0.1) is 0 Å². The van der Waals surface area contributed by atoms with Gasteiger partial charge in [0, 0.05) is 16.7 Å². The average Bonchev–Trinajstić information content (AvgIpc) is 3.14. The van der Waals surface area contributed by atoms with Crippen LogP contribution < -0.4 is 5.19 Å². The highest BCUT2D eigenvalue weighted by atomic mass is 28.3. The van der Waals surface area contributed by atoms with Gasteiger partial charge >= 0.3 is 0 Å².